The molecule has 0 aromatic carbocycles. The third-order valence-electron chi connectivity index (χ3n) is 5.79. The summed E-state index contributed by atoms with van der Waals surface area (Å²) in [6.45, 7) is 0.974. The number of hydrogen-bond acceptors (Lipinski definition) is 4. The smallest absolute Gasteiger partial charge is 0.0795 e. The van der Waals surface area contributed by atoms with Gasteiger partial charge >= 0.3 is 0 Å². The first kappa shape index (κ1) is 15.1. The van der Waals surface area contributed by atoms with Gasteiger partial charge in [-0.25, -0.2) is 0 Å². The molecular weight excluding hydrogens is 268 g/mol. The molecule has 1 N–H and O–H groups in total. The Hall–Kier alpha value is 0.230. The maximum atomic E-state index is 6.17. The zero-order valence-corrected chi connectivity index (χ0v) is 13.9. The first-order chi connectivity index (χ1) is 9.72. The van der Waals surface area contributed by atoms with Crippen LogP contribution in [-0.2, 0) is 4.74 Å². The second-order valence-corrected chi connectivity index (χ2v) is 8.05. The van der Waals surface area contributed by atoms with Crippen LogP contribution < -0.4 is 5.32 Å². The highest BCUT2D eigenvalue weighted by Crippen LogP contribution is 2.40. The standard InChI is InChI=1S/C16H30N2OS/c1-17-13-3-5-14(6-4-13)18(2)15-7-9-19-16(11-15)8-10-20-12-16/h13-15,17H,3-12H2,1-2H3. The first-order valence-electron chi connectivity index (χ1n) is 8.33. The Balaban J connectivity index is 1.55. The van der Waals surface area contributed by atoms with E-state index < -0.39 is 0 Å². The van der Waals surface area contributed by atoms with Gasteiger partial charge in [-0.2, -0.15) is 11.8 Å². The molecule has 4 heteroatoms. The van der Waals surface area contributed by atoms with Crippen molar-refractivity contribution in [3.8, 4) is 0 Å². The first-order valence-corrected chi connectivity index (χ1v) is 9.49. The molecule has 0 amide bonds. The largest absolute Gasteiger partial charge is 0.374 e. The Bertz CT molecular complexity index is 312. The predicted octanol–water partition coefficient (Wildman–Crippen LogP) is 2.50. The molecule has 0 bridgehead atoms. The highest BCUT2D eigenvalue weighted by atomic mass is 32.2. The van der Waals surface area contributed by atoms with Crippen LogP contribution in [0.25, 0.3) is 0 Å². The molecule has 2 heterocycles. The minimum absolute atomic E-state index is 0.226. The van der Waals surface area contributed by atoms with E-state index in [-0.39, 0.29) is 5.60 Å². The number of nitrogens with zero attached hydrogens (tertiary/aromatic N) is 1. The van der Waals surface area contributed by atoms with Gasteiger partial charge in [0.05, 0.1) is 5.60 Å². The van der Waals surface area contributed by atoms with Gasteiger partial charge in [-0.3, -0.25) is 0 Å². The summed E-state index contributed by atoms with van der Waals surface area (Å²) in [7, 11) is 4.48. The van der Waals surface area contributed by atoms with Gasteiger partial charge in [0.25, 0.3) is 0 Å². The van der Waals surface area contributed by atoms with Gasteiger partial charge in [0.1, 0.15) is 0 Å². The van der Waals surface area contributed by atoms with Crippen LogP contribution in [0.3, 0.4) is 0 Å². The highest BCUT2D eigenvalue weighted by molar-refractivity contribution is 7.99. The fraction of sp³-hybridized carbons (Fsp3) is 1.00. The van der Waals surface area contributed by atoms with Crippen LogP contribution in [0.4, 0.5) is 0 Å². The van der Waals surface area contributed by atoms with Gasteiger partial charge in [0.2, 0.25) is 0 Å². The van der Waals surface area contributed by atoms with Crippen LogP contribution in [0.1, 0.15) is 44.9 Å². The molecule has 2 atom stereocenters. The average Bonchev–Trinajstić information content (AvgIpc) is 2.94. The second kappa shape index (κ2) is 6.55. The fourth-order valence-electron chi connectivity index (χ4n) is 4.28. The number of nitrogens with one attached hydrogen (secondary N) is 1. The highest BCUT2D eigenvalue weighted by Gasteiger charge is 2.42. The van der Waals surface area contributed by atoms with E-state index in [4.69, 9.17) is 4.74 Å². The number of rotatable bonds is 3. The van der Waals surface area contributed by atoms with E-state index in [9.17, 15) is 0 Å². The molecule has 0 aromatic heterocycles. The molecule has 116 valence electrons. The summed E-state index contributed by atoms with van der Waals surface area (Å²) in [4.78, 5) is 2.71. The lowest BCUT2D eigenvalue weighted by Gasteiger charge is -2.45. The minimum Gasteiger partial charge on any atom is -0.374 e. The Morgan fingerprint density at radius 2 is 1.95 bits per heavy atom. The summed E-state index contributed by atoms with van der Waals surface area (Å²) in [5.41, 5.74) is 0.226. The van der Waals surface area contributed by atoms with E-state index in [0.717, 1.165) is 24.7 Å². The van der Waals surface area contributed by atoms with Crippen molar-refractivity contribution >= 4 is 11.8 Å². The topological polar surface area (TPSA) is 24.5 Å². The van der Waals surface area contributed by atoms with Crippen molar-refractivity contribution in [3.63, 3.8) is 0 Å². The third-order valence-corrected chi connectivity index (χ3v) is 7.01. The number of thioether (sulfide) groups is 1. The lowest BCUT2D eigenvalue weighted by Crippen LogP contribution is -2.51. The van der Waals surface area contributed by atoms with Gasteiger partial charge in [0, 0.05) is 30.5 Å². The molecule has 20 heavy (non-hydrogen) atoms. The molecular formula is C16H30N2OS. The van der Waals surface area contributed by atoms with Crippen LogP contribution in [-0.4, -0.2) is 60.8 Å². The van der Waals surface area contributed by atoms with Gasteiger partial charge in [0.15, 0.2) is 0 Å². The molecule has 1 aliphatic carbocycles. The fourth-order valence-corrected chi connectivity index (χ4v) is 5.66. The Morgan fingerprint density at radius 1 is 1.15 bits per heavy atom. The summed E-state index contributed by atoms with van der Waals surface area (Å²) in [5, 5.41) is 3.44. The summed E-state index contributed by atoms with van der Waals surface area (Å²) < 4.78 is 6.17. The molecule has 1 saturated carbocycles. The van der Waals surface area contributed by atoms with Crippen LogP contribution >= 0.6 is 11.8 Å². The lowest BCUT2D eigenvalue weighted by molar-refractivity contribution is -0.0930. The SMILES string of the molecule is CNC1CCC(N(C)C2CCOC3(CCSC3)C2)CC1. The normalized spacial score (nSPS) is 42.5. The molecule has 2 saturated heterocycles. The maximum Gasteiger partial charge on any atom is 0.0795 e. The molecule has 1 spiro atoms. The summed E-state index contributed by atoms with van der Waals surface area (Å²) in [6, 6.07) is 2.30. The van der Waals surface area contributed by atoms with E-state index in [2.05, 4.69) is 36.1 Å². The maximum absolute atomic E-state index is 6.17. The van der Waals surface area contributed by atoms with Crippen molar-refractivity contribution in [2.24, 2.45) is 0 Å². The van der Waals surface area contributed by atoms with Crippen molar-refractivity contribution in [2.75, 3.05) is 32.2 Å². The van der Waals surface area contributed by atoms with E-state index in [1.807, 2.05) is 0 Å². The molecule has 3 nitrogen and oxygen atoms in total. The third kappa shape index (κ3) is 3.18. The van der Waals surface area contributed by atoms with E-state index in [0.29, 0.717) is 0 Å². The van der Waals surface area contributed by atoms with Crippen LogP contribution in [0.2, 0.25) is 0 Å². The molecule has 0 aromatic rings. The number of ether oxygens (including phenoxy) is 1. The van der Waals surface area contributed by atoms with E-state index in [1.165, 1.54) is 56.5 Å². The Kier molecular flexibility index (Phi) is 4.96. The van der Waals surface area contributed by atoms with Crippen LogP contribution in [0, 0.1) is 0 Å². The van der Waals surface area contributed by atoms with E-state index >= 15 is 0 Å². The van der Waals surface area contributed by atoms with Gasteiger partial charge in [-0.05, 0) is 64.8 Å². The van der Waals surface area contributed by atoms with Gasteiger partial charge in [-0.15, -0.1) is 0 Å². The molecule has 3 rings (SSSR count). The zero-order valence-electron chi connectivity index (χ0n) is 13.1. The quantitative estimate of drug-likeness (QED) is 0.865. The molecule has 3 aliphatic rings. The van der Waals surface area contributed by atoms with E-state index in [1.54, 1.807) is 0 Å². The van der Waals surface area contributed by atoms with Crippen LogP contribution in [0.5, 0.6) is 0 Å². The van der Waals surface area contributed by atoms with Crippen LogP contribution in [0.15, 0.2) is 0 Å². The monoisotopic (exact) mass is 298 g/mol. The predicted molar refractivity (Wildman–Crippen MR) is 86.5 cm³/mol. The zero-order chi connectivity index (χ0) is 14.0. The molecule has 0 radical (unpaired) electrons. The van der Waals surface area contributed by atoms with Crippen molar-refractivity contribution in [1.29, 1.82) is 0 Å². The number of hydrogen-bond donors (Lipinski definition) is 1. The summed E-state index contributed by atoms with van der Waals surface area (Å²) in [5.74, 6) is 2.52. The second-order valence-electron chi connectivity index (χ2n) is 6.94. The van der Waals surface area contributed by atoms with Crippen molar-refractivity contribution < 1.29 is 4.74 Å². The Labute approximate surface area is 128 Å². The molecule has 2 unspecified atom stereocenters. The Morgan fingerprint density at radius 3 is 2.60 bits per heavy atom. The average molecular weight is 298 g/mol. The van der Waals surface area contributed by atoms with Gasteiger partial charge in [-0.1, -0.05) is 0 Å². The summed E-state index contributed by atoms with van der Waals surface area (Å²) >= 11 is 2.08. The lowest BCUT2D eigenvalue weighted by atomic mass is 9.85. The summed E-state index contributed by atoms with van der Waals surface area (Å²) in [6.07, 6.45) is 9.18. The molecule has 2 aliphatic heterocycles. The van der Waals surface area contributed by atoms with Gasteiger partial charge < -0.3 is 15.0 Å². The van der Waals surface area contributed by atoms with Crippen molar-refractivity contribution in [2.45, 2.75) is 68.7 Å². The molecule has 3 fully saturated rings. The van der Waals surface area contributed by atoms with Crippen molar-refractivity contribution in [3.05, 3.63) is 0 Å². The van der Waals surface area contributed by atoms with Crippen molar-refractivity contribution in [1.82, 2.24) is 10.2 Å². The minimum atomic E-state index is 0.226.